The largest absolute Gasteiger partial charge is 0.440 e. The Kier molecular flexibility index (Phi) is 6.15. The Bertz CT molecular complexity index is 974. The van der Waals surface area contributed by atoms with E-state index >= 15 is 0 Å². The van der Waals surface area contributed by atoms with Gasteiger partial charge in [-0.2, -0.15) is 0 Å². The zero-order valence-corrected chi connectivity index (χ0v) is 18.2. The third-order valence-corrected chi connectivity index (χ3v) is 5.85. The molecule has 0 spiro atoms. The number of oxazole rings is 1. The van der Waals surface area contributed by atoms with Crippen LogP contribution in [0.4, 0.5) is 5.82 Å². The third-order valence-electron chi connectivity index (χ3n) is 5.00. The van der Waals surface area contributed by atoms with Crippen LogP contribution in [0.5, 0.6) is 0 Å². The number of anilines is 1. The van der Waals surface area contributed by atoms with E-state index in [1.165, 1.54) is 0 Å². The van der Waals surface area contributed by atoms with Crippen molar-refractivity contribution in [2.45, 2.75) is 45.9 Å². The minimum absolute atomic E-state index is 0.0935. The number of thiophene rings is 1. The number of amides is 1. The summed E-state index contributed by atoms with van der Waals surface area (Å²) in [6.07, 6.45) is 2.39. The molecular weight excluding hydrogens is 400 g/mol. The van der Waals surface area contributed by atoms with Gasteiger partial charge in [-0.3, -0.25) is 4.79 Å². The Balaban J connectivity index is 1.31. The molecule has 0 aliphatic carbocycles. The highest BCUT2D eigenvalue weighted by molar-refractivity contribution is 7.13. The van der Waals surface area contributed by atoms with Crippen LogP contribution >= 0.6 is 11.3 Å². The number of aromatic nitrogens is 2. The molecule has 1 amide bonds. The second-order valence-electron chi connectivity index (χ2n) is 7.64. The molecule has 1 aliphatic rings. The van der Waals surface area contributed by atoms with Crippen molar-refractivity contribution in [3.63, 3.8) is 0 Å². The first-order chi connectivity index (χ1) is 14.5. The Hall–Kier alpha value is -2.71. The van der Waals surface area contributed by atoms with Gasteiger partial charge in [0.1, 0.15) is 11.6 Å². The number of hydrogen-bond acceptors (Lipinski definition) is 7. The Morgan fingerprint density at radius 3 is 2.73 bits per heavy atom. The predicted molar refractivity (Wildman–Crippen MR) is 117 cm³/mol. The number of nitrogens with one attached hydrogen (secondary N) is 1. The molecule has 1 fully saturated rings. The summed E-state index contributed by atoms with van der Waals surface area (Å²) >= 11 is 1.56. The van der Waals surface area contributed by atoms with Gasteiger partial charge < -0.3 is 19.4 Å². The number of rotatable bonds is 6. The van der Waals surface area contributed by atoms with Crippen LogP contribution in [0.15, 0.2) is 40.3 Å². The summed E-state index contributed by atoms with van der Waals surface area (Å²) < 4.78 is 11.5. The van der Waals surface area contributed by atoms with Crippen LogP contribution in [0, 0.1) is 6.92 Å². The van der Waals surface area contributed by atoms with Crippen molar-refractivity contribution in [1.29, 1.82) is 0 Å². The highest BCUT2D eigenvalue weighted by Gasteiger charge is 2.23. The molecule has 0 aromatic carbocycles. The van der Waals surface area contributed by atoms with E-state index < -0.39 is 0 Å². The summed E-state index contributed by atoms with van der Waals surface area (Å²) in [5.74, 6) is 2.08. The molecule has 1 saturated heterocycles. The van der Waals surface area contributed by atoms with Gasteiger partial charge in [-0.05, 0) is 43.8 Å². The standard InChI is InChI=1S/C22H26N4O3S/c1-14-12-26(13-15(2)28-14)20-7-6-17(10-23-20)11-24-21(27)9-18-16(3)29-22(25-18)19-5-4-8-30-19/h4-8,10,14-15H,9,11-13H2,1-3H3,(H,24,27)/t14-,15+. The highest BCUT2D eigenvalue weighted by atomic mass is 32.1. The summed E-state index contributed by atoms with van der Waals surface area (Å²) in [5, 5.41) is 4.91. The number of carbonyl (C=O) groups is 1. The number of aryl methyl sites for hydroxylation is 1. The third kappa shape index (κ3) is 4.88. The van der Waals surface area contributed by atoms with Crippen molar-refractivity contribution < 1.29 is 13.9 Å². The molecule has 1 N–H and O–H groups in total. The number of hydrogen-bond donors (Lipinski definition) is 1. The molecule has 30 heavy (non-hydrogen) atoms. The second-order valence-corrected chi connectivity index (χ2v) is 8.59. The Labute approximate surface area is 180 Å². The smallest absolute Gasteiger partial charge is 0.236 e. The van der Waals surface area contributed by atoms with Crippen molar-refractivity contribution in [2.24, 2.45) is 0 Å². The maximum atomic E-state index is 12.4. The summed E-state index contributed by atoms with van der Waals surface area (Å²) in [7, 11) is 0. The van der Waals surface area contributed by atoms with Gasteiger partial charge in [0, 0.05) is 25.8 Å². The fourth-order valence-electron chi connectivity index (χ4n) is 3.59. The minimum Gasteiger partial charge on any atom is -0.440 e. The van der Waals surface area contributed by atoms with Crippen molar-refractivity contribution in [3.8, 4) is 10.8 Å². The molecule has 3 aromatic rings. The van der Waals surface area contributed by atoms with E-state index in [1.54, 1.807) is 11.3 Å². The topological polar surface area (TPSA) is 80.5 Å². The Morgan fingerprint density at radius 2 is 2.07 bits per heavy atom. The fraction of sp³-hybridized carbons (Fsp3) is 0.409. The van der Waals surface area contributed by atoms with Crippen LogP contribution < -0.4 is 10.2 Å². The van der Waals surface area contributed by atoms with Crippen LogP contribution in [0.25, 0.3) is 10.8 Å². The predicted octanol–water partition coefficient (Wildman–Crippen LogP) is 3.58. The van der Waals surface area contributed by atoms with Crippen LogP contribution in [0.2, 0.25) is 0 Å². The lowest BCUT2D eigenvalue weighted by atomic mass is 10.2. The Morgan fingerprint density at radius 1 is 1.27 bits per heavy atom. The van der Waals surface area contributed by atoms with E-state index in [9.17, 15) is 4.79 Å². The molecule has 3 aromatic heterocycles. The molecule has 4 rings (SSSR count). The van der Waals surface area contributed by atoms with E-state index in [2.05, 4.69) is 34.0 Å². The second kappa shape index (κ2) is 8.97. The SMILES string of the molecule is Cc1oc(-c2cccs2)nc1CC(=O)NCc1ccc(N2C[C@@H](C)O[C@@H](C)C2)nc1. The summed E-state index contributed by atoms with van der Waals surface area (Å²) in [5.41, 5.74) is 1.62. The molecule has 0 bridgehead atoms. The summed E-state index contributed by atoms with van der Waals surface area (Å²) in [6.45, 7) is 8.08. The van der Waals surface area contributed by atoms with Crippen LogP contribution in [-0.2, 0) is 22.5 Å². The summed E-state index contributed by atoms with van der Waals surface area (Å²) in [4.78, 5) is 24.6. The van der Waals surface area contributed by atoms with Crippen molar-refractivity contribution >= 4 is 23.1 Å². The van der Waals surface area contributed by atoms with E-state index in [-0.39, 0.29) is 24.5 Å². The van der Waals surface area contributed by atoms with Gasteiger partial charge in [-0.15, -0.1) is 11.3 Å². The lowest BCUT2D eigenvalue weighted by Gasteiger charge is -2.36. The maximum absolute atomic E-state index is 12.4. The first-order valence-electron chi connectivity index (χ1n) is 10.1. The lowest BCUT2D eigenvalue weighted by Crippen LogP contribution is -2.45. The molecule has 8 heteroatoms. The zero-order chi connectivity index (χ0) is 21.1. The molecular formula is C22H26N4O3S. The van der Waals surface area contributed by atoms with Gasteiger partial charge in [0.2, 0.25) is 11.8 Å². The van der Waals surface area contributed by atoms with Crippen LogP contribution in [0.1, 0.15) is 30.9 Å². The first kappa shape index (κ1) is 20.6. The lowest BCUT2D eigenvalue weighted by molar-refractivity contribution is -0.120. The van der Waals surface area contributed by atoms with Gasteiger partial charge >= 0.3 is 0 Å². The maximum Gasteiger partial charge on any atom is 0.236 e. The van der Waals surface area contributed by atoms with Gasteiger partial charge in [-0.25, -0.2) is 9.97 Å². The molecule has 4 heterocycles. The quantitative estimate of drug-likeness (QED) is 0.649. The fourth-order valence-corrected chi connectivity index (χ4v) is 4.24. The molecule has 2 atom stereocenters. The molecule has 0 radical (unpaired) electrons. The van der Waals surface area contributed by atoms with Crippen molar-refractivity contribution in [3.05, 3.63) is 52.9 Å². The van der Waals surface area contributed by atoms with E-state index in [4.69, 9.17) is 9.15 Å². The van der Waals surface area contributed by atoms with Crippen molar-refractivity contribution in [1.82, 2.24) is 15.3 Å². The number of ether oxygens (including phenoxy) is 1. The van der Waals surface area contributed by atoms with Crippen LogP contribution in [-0.4, -0.2) is 41.2 Å². The van der Waals surface area contributed by atoms with Gasteiger partial charge in [0.05, 0.1) is 29.2 Å². The first-order valence-corrected chi connectivity index (χ1v) is 11.0. The van der Waals surface area contributed by atoms with Gasteiger partial charge in [0.25, 0.3) is 0 Å². The monoisotopic (exact) mass is 426 g/mol. The molecule has 7 nitrogen and oxygen atoms in total. The van der Waals surface area contributed by atoms with Crippen molar-refractivity contribution in [2.75, 3.05) is 18.0 Å². The highest BCUT2D eigenvalue weighted by Crippen LogP contribution is 2.26. The summed E-state index contributed by atoms with van der Waals surface area (Å²) in [6, 6.07) is 7.91. The van der Waals surface area contributed by atoms with E-state index in [0.717, 1.165) is 29.3 Å². The van der Waals surface area contributed by atoms with E-state index in [1.807, 2.05) is 42.8 Å². The average Bonchev–Trinajstić information content (AvgIpc) is 3.36. The van der Waals surface area contributed by atoms with Gasteiger partial charge in [-0.1, -0.05) is 12.1 Å². The average molecular weight is 427 g/mol. The minimum atomic E-state index is -0.0935. The zero-order valence-electron chi connectivity index (χ0n) is 17.4. The van der Waals surface area contributed by atoms with Gasteiger partial charge in [0.15, 0.2) is 0 Å². The normalized spacial score (nSPS) is 19.1. The molecule has 0 unspecified atom stereocenters. The van der Waals surface area contributed by atoms with Crippen LogP contribution in [0.3, 0.4) is 0 Å². The number of carbonyl (C=O) groups excluding carboxylic acids is 1. The van der Waals surface area contributed by atoms with E-state index in [0.29, 0.717) is 23.9 Å². The number of pyridine rings is 1. The number of morpholine rings is 1. The molecule has 1 aliphatic heterocycles. The number of nitrogens with zero attached hydrogens (tertiary/aromatic N) is 3. The molecule has 0 saturated carbocycles. The molecule has 158 valence electrons.